The van der Waals surface area contributed by atoms with Crippen LogP contribution in [0.15, 0.2) is 41.8 Å². The Morgan fingerprint density at radius 2 is 2.06 bits per heavy atom. The molecule has 0 amide bonds. The van der Waals surface area contributed by atoms with E-state index in [9.17, 15) is 0 Å². The highest BCUT2D eigenvalue weighted by molar-refractivity contribution is 7.10. The standard InChI is InChI=1S/C16H21NS/c1-4-15(16-9-6-10-18-16)17-13(3)14-8-5-7-12(2)11-14/h5-11,13,15,17H,4H2,1-3H3/t13-,15?/m1/s1. The van der Waals surface area contributed by atoms with E-state index in [4.69, 9.17) is 0 Å². The lowest BCUT2D eigenvalue weighted by atomic mass is 10.0. The SMILES string of the molecule is CCC(N[C@H](C)c1cccc(C)c1)c1cccs1. The van der Waals surface area contributed by atoms with Gasteiger partial charge in [-0.3, -0.25) is 0 Å². The van der Waals surface area contributed by atoms with Crippen LogP contribution in [0.3, 0.4) is 0 Å². The highest BCUT2D eigenvalue weighted by atomic mass is 32.1. The van der Waals surface area contributed by atoms with Crippen LogP contribution < -0.4 is 5.32 Å². The van der Waals surface area contributed by atoms with Gasteiger partial charge in [0.05, 0.1) is 0 Å². The predicted molar refractivity (Wildman–Crippen MR) is 80.1 cm³/mol. The second kappa shape index (κ2) is 6.17. The Labute approximate surface area is 114 Å². The molecular formula is C16H21NS. The van der Waals surface area contributed by atoms with E-state index in [1.807, 2.05) is 11.3 Å². The summed E-state index contributed by atoms with van der Waals surface area (Å²) in [5.74, 6) is 0. The Morgan fingerprint density at radius 3 is 2.67 bits per heavy atom. The van der Waals surface area contributed by atoms with E-state index >= 15 is 0 Å². The monoisotopic (exact) mass is 259 g/mol. The van der Waals surface area contributed by atoms with Gasteiger partial charge in [-0.25, -0.2) is 0 Å². The zero-order chi connectivity index (χ0) is 13.0. The number of benzene rings is 1. The number of hydrogen-bond donors (Lipinski definition) is 1. The first-order valence-electron chi connectivity index (χ1n) is 6.56. The molecule has 0 fully saturated rings. The summed E-state index contributed by atoms with van der Waals surface area (Å²) in [6.07, 6.45) is 1.12. The maximum Gasteiger partial charge on any atom is 0.0416 e. The van der Waals surface area contributed by atoms with Gasteiger partial charge in [0.2, 0.25) is 0 Å². The van der Waals surface area contributed by atoms with Gasteiger partial charge in [-0.1, -0.05) is 42.8 Å². The van der Waals surface area contributed by atoms with Crippen molar-refractivity contribution < 1.29 is 0 Å². The smallest absolute Gasteiger partial charge is 0.0416 e. The number of rotatable bonds is 5. The third-order valence-electron chi connectivity index (χ3n) is 3.29. The molecule has 1 unspecified atom stereocenters. The second-order valence-corrected chi connectivity index (χ2v) is 5.76. The highest BCUT2D eigenvalue weighted by Crippen LogP contribution is 2.25. The fraction of sp³-hybridized carbons (Fsp3) is 0.375. The fourth-order valence-corrected chi connectivity index (χ4v) is 3.10. The summed E-state index contributed by atoms with van der Waals surface area (Å²) >= 11 is 1.83. The lowest BCUT2D eigenvalue weighted by Gasteiger charge is -2.22. The molecule has 0 saturated heterocycles. The van der Waals surface area contributed by atoms with Crippen LogP contribution in [0.5, 0.6) is 0 Å². The van der Waals surface area contributed by atoms with E-state index in [1.165, 1.54) is 16.0 Å². The number of hydrogen-bond acceptors (Lipinski definition) is 2. The van der Waals surface area contributed by atoms with Crippen molar-refractivity contribution >= 4 is 11.3 Å². The Hall–Kier alpha value is -1.12. The Morgan fingerprint density at radius 1 is 1.22 bits per heavy atom. The van der Waals surface area contributed by atoms with E-state index in [-0.39, 0.29) is 0 Å². The maximum absolute atomic E-state index is 3.72. The molecule has 1 heterocycles. The molecule has 2 aromatic rings. The van der Waals surface area contributed by atoms with E-state index in [2.05, 4.69) is 67.9 Å². The van der Waals surface area contributed by atoms with E-state index in [0.717, 1.165) is 6.42 Å². The molecule has 18 heavy (non-hydrogen) atoms. The molecule has 0 aliphatic rings. The van der Waals surface area contributed by atoms with Crippen molar-refractivity contribution in [2.75, 3.05) is 0 Å². The molecule has 0 saturated carbocycles. The minimum absolute atomic E-state index is 0.386. The molecule has 0 spiro atoms. The molecule has 2 heteroatoms. The van der Waals surface area contributed by atoms with E-state index in [1.54, 1.807) is 0 Å². The molecule has 2 rings (SSSR count). The van der Waals surface area contributed by atoms with Crippen molar-refractivity contribution in [3.63, 3.8) is 0 Å². The van der Waals surface area contributed by atoms with Gasteiger partial charge in [0.25, 0.3) is 0 Å². The van der Waals surface area contributed by atoms with Gasteiger partial charge in [0.15, 0.2) is 0 Å². The van der Waals surface area contributed by atoms with Crippen LogP contribution in [-0.4, -0.2) is 0 Å². The normalized spacial score (nSPS) is 14.4. The van der Waals surface area contributed by atoms with Crippen LogP contribution >= 0.6 is 11.3 Å². The summed E-state index contributed by atoms with van der Waals surface area (Å²) in [4.78, 5) is 1.43. The zero-order valence-electron chi connectivity index (χ0n) is 11.3. The quantitative estimate of drug-likeness (QED) is 0.808. The summed E-state index contributed by atoms with van der Waals surface area (Å²) in [6, 6.07) is 13.9. The van der Waals surface area contributed by atoms with Gasteiger partial charge in [0, 0.05) is 17.0 Å². The van der Waals surface area contributed by atoms with Gasteiger partial charge in [-0.15, -0.1) is 11.3 Å². The first-order chi connectivity index (χ1) is 8.70. The van der Waals surface area contributed by atoms with E-state index in [0.29, 0.717) is 12.1 Å². The highest BCUT2D eigenvalue weighted by Gasteiger charge is 2.14. The van der Waals surface area contributed by atoms with Crippen molar-refractivity contribution in [1.29, 1.82) is 0 Å². The third-order valence-corrected chi connectivity index (χ3v) is 4.27. The summed E-state index contributed by atoms with van der Waals surface area (Å²) < 4.78 is 0. The molecule has 1 nitrogen and oxygen atoms in total. The first kappa shape index (κ1) is 13.3. The van der Waals surface area contributed by atoms with Crippen LogP contribution in [0.2, 0.25) is 0 Å². The lowest BCUT2D eigenvalue weighted by Crippen LogP contribution is -2.23. The molecule has 2 atom stereocenters. The van der Waals surface area contributed by atoms with Crippen LogP contribution in [0, 0.1) is 6.92 Å². The van der Waals surface area contributed by atoms with Crippen molar-refractivity contribution in [1.82, 2.24) is 5.32 Å². The Balaban J connectivity index is 2.08. The largest absolute Gasteiger partial charge is 0.303 e. The van der Waals surface area contributed by atoms with Crippen LogP contribution in [0.4, 0.5) is 0 Å². The van der Waals surface area contributed by atoms with Gasteiger partial charge in [0.1, 0.15) is 0 Å². The molecule has 1 aromatic heterocycles. The average Bonchev–Trinajstić information content (AvgIpc) is 2.89. The third kappa shape index (κ3) is 3.21. The van der Waals surface area contributed by atoms with Crippen LogP contribution in [0.25, 0.3) is 0 Å². The molecule has 1 aromatic carbocycles. The van der Waals surface area contributed by atoms with E-state index < -0.39 is 0 Å². The molecule has 0 radical (unpaired) electrons. The summed E-state index contributed by atoms with van der Waals surface area (Å²) in [5, 5.41) is 5.87. The Kier molecular flexibility index (Phi) is 4.56. The topological polar surface area (TPSA) is 12.0 Å². The second-order valence-electron chi connectivity index (χ2n) is 4.78. The maximum atomic E-state index is 3.72. The summed E-state index contributed by atoms with van der Waals surface area (Å²) in [7, 11) is 0. The van der Waals surface area contributed by atoms with Crippen molar-refractivity contribution in [2.24, 2.45) is 0 Å². The molecule has 0 aliphatic carbocycles. The zero-order valence-corrected chi connectivity index (χ0v) is 12.1. The predicted octanol–water partition coefficient (Wildman–Crippen LogP) is 4.86. The number of aryl methyl sites for hydroxylation is 1. The number of thiophene rings is 1. The Bertz CT molecular complexity index is 476. The molecular weight excluding hydrogens is 238 g/mol. The summed E-state index contributed by atoms with van der Waals surface area (Å²) in [5.41, 5.74) is 2.69. The van der Waals surface area contributed by atoms with Crippen LogP contribution in [0.1, 0.15) is 48.4 Å². The van der Waals surface area contributed by atoms with Gasteiger partial charge >= 0.3 is 0 Å². The fourth-order valence-electron chi connectivity index (χ4n) is 2.23. The van der Waals surface area contributed by atoms with Gasteiger partial charge in [-0.05, 0) is 37.3 Å². The lowest BCUT2D eigenvalue weighted by molar-refractivity contribution is 0.462. The first-order valence-corrected chi connectivity index (χ1v) is 7.44. The molecule has 0 bridgehead atoms. The van der Waals surface area contributed by atoms with Gasteiger partial charge < -0.3 is 5.32 Å². The minimum Gasteiger partial charge on any atom is -0.303 e. The molecule has 1 N–H and O–H groups in total. The van der Waals surface area contributed by atoms with Crippen molar-refractivity contribution in [3.8, 4) is 0 Å². The minimum atomic E-state index is 0.386. The molecule has 0 aliphatic heterocycles. The molecule has 96 valence electrons. The van der Waals surface area contributed by atoms with Gasteiger partial charge in [-0.2, -0.15) is 0 Å². The van der Waals surface area contributed by atoms with Crippen molar-refractivity contribution in [2.45, 2.75) is 39.3 Å². The van der Waals surface area contributed by atoms with Crippen LogP contribution in [-0.2, 0) is 0 Å². The number of nitrogens with one attached hydrogen (secondary N) is 1. The van der Waals surface area contributed by atoms with Crippen molar-refractivity contribution in [3.05, 3.63) is 57.8 Å². The summed E-state index contributed by atoms with van der Waals surface area (Å²) in [6.45, 7) is 6.62. The average molecular weight is 259 g/mol.